The number of thioether (sulfide) groups is 1. The van der Waals surface area contributed by atoms with Crippen molar-refractivity contribution in [2.45, 2.75) is 18.7 Å². The first kappa shape index (κ1) is 18.1. The number of carbonyl (C=O) groups is 1. The Morgan fingerprint density at radius 2 is 1.79 bits per heavy atom. The Balaban J connectivity index is 1.82. The SMILES string of the molecule is COc1cc(OC)nc(CSCC(=O)NC(C)c2ccccc2)n1. The molecule has 1 unspecified atom stereocenters. The number of nitrogens with zero attached hydrogens (tertiary/aromatic N) is 2. The molecule has 128 valence electrons. The van der Waals surface area contributed by atoms with E-state index in [4.69, 9.17) is 9.47 Å². The molecule has 1 amide bonds. The van der Waals surface area contributed by atoms with Gasteiger partial charge in [0.15, 0.2) is 0 Å². The van der Waals surface area contributed by atoms with Crippen molar-refractivity contribution in [3.8, 4) is 11.8 Å². The lowest BCUT2D eigenvalue weighted by Gasteiger charge is -2.14. The predicted octanol–water partition coefficient (Wildman–Crippen LogP) is 2.60. The number of ether oxygens (including phenoxy) is 2. The van der Waals surface area contributed by atoms with E-state index in [9.17, 15) is 4.79 Å². The maximum atomic E-state index is 12.0. The van der Waals surface area contributed by atoms with Gasteiger partial charge >= 0.3 is 0 Å². The average molecular weight is 347 g/mol. The first-order chi connectivity index (χ1) is 11.6. The van der Waals surface area contributed by atoms with Gasteiger partial charge in [-0.1, -0.05) is 30.3 Å². The fraction of sp³-hybridized carbons (Fsp3) is 0.353. The first-order valence-corrected chi connectivity index (χ1v) is 8.66. The van der Waals surface area contributed by atoms with Gasteiger partial charge in [-0.3, -0.25) is 4.79 Å². The molecule has 0 aliphatic rings. The summed E-state index contributed by atoms with van der Waals surface area (Å²) in [6.07, 6.45) is 0. The van der Waals surface area contributed by atoms with E-state index < -0.39 is 0 Å². The van der Waals surface area contributed by atoms with Crippen molar-refractivity contribution in [2.24, 2.45) is 0 Å². The molecule has 6 nitrogen and oxygen atoms in total. The molecule has 2 rings (SSSR count). The molecule has 0 radical (unpaired) electrons. The summed E-state index contributed by atoms with van der Waals surface area (Å²) in [5.41, 5.74) is 1.08. The maximum Gasteiger partial charge on any atom is 0.230 e. The molecule has 0 aliphatic heterocycles. The van der Waals surface area contributed by atoms with Gasteiger partial charge in [-0.25, -0.2) is 0 Å². The Labute approximate surface area is 146 Å². The molecule has 24 heavy (non-hydrogen) atoms. The molecule has 1 aromatic carbocycles. The summed E-state index contributed by atoms with van der Waals surface area (Å²) in [6, 6.07) is 11.5. The number of aromatic nitrogens is 2. The molecule has 1 heterocycles. The number of carbonyl (C=O) groups excluding carboxylic acids is 1. The molecule has 1 N–H and O–H groups in total. The number of hydrogen-bond donors (Lipinski definition) is 1. The van der Waals surface area contributed by atoms with Crippen LogP contribution in [0.2, 0.25) is 0 Å². The summed E-state index contributed by atoms with van der Waals surface area (Å²) in [4.78, 5) is 20.5. The van der Waals surface area contributed by atoms with Crippen LogP contribution in [0.25, 0.3) is 0 Å². The van der Waals surface area contributed by atoms with E-state index in [1.807, 2.05) is 37.3 Å². The molecule has 0 spiro atoms. The molecule has 2 aromatic rings. The lowest BCUT2D eigenvalue weighted by atomic mass is 10.1. The summed E-state index contributed by atoms with van der Waals surface area (Å²) < 4.78 is 10.2. The lowest BCUT2D eigenvalue weighted by molar-refractivity contribution is -0.119. The number of hydrogen-bond acceptors (Lipinski definition) is 6. The average Bonchev–Trinajstić information content (AvgIpc) is 2.62. The molecule has 0 aliphatic carbocycles. The van der Waals surface area contributed by atoms with Gasteiger partial charge in [-0.2, -0.15) is 9.97 Å². The van der Waals surface area contributed by atoms with Crippen LogP contribution in [0.15, 0.2) is 36.4 Å². The summed E-state index contributed by atoms with van der Waals surface area (Å²) in [6.45, 7) is 1.97. The van der Waals surface area contributed by atoms with Gasteiger partial charge in [-0.15, -0.1) is 11.8 Å². The lowest BCUT2D eigenvalue weighted by Crippen LogP contribution is -2.28. The van der Waals surface area contributed by atoms with E-state index in [-0.39, 0.29) is 11.9 Å². The smallest absolute Gasteiger partial charge is 0.230 e. The van der Waals surface area contributed by atoms with Gasteiger partial charge in [0.2, 0.25) is 17.7 Å². The minimum atomic E-state index is -0.0220. The maximum absolute atomic E-state index is 12.0. The summed E-state index contributed by atoms with van der Waals surface area (Å²) in [5, 5.41) is 2.98. The van der Waals surface area contributed by atoms with Crippen LogP contribution in [-0.4, -0.2) is 35.8 Å². The second-order valence-electron chi connectivity index (χ2n) is 5.06. The molecule has 1 aromatic heterocycles. The van der Waals surface area contributed by atoms with Gasteiger partial charge < -0.3 is 14.8 Å². The van der Waals surface area contributed by atoms with Crippen LogP contribution in [0, 0.1) is 0 Å². The first-order valence-electron chi connectivity index (χ1n) is 7.50. The van der Waals surface area contributed by atoms with Crippen LogP contribution in [0.5, 0.6) is 11.8 Å². The molecule has 0 fully saturated rings. The highest BCUT2D eigenvalue weighted by Crippen LogP contribution is 2.18. The highest BCUT2D eigenvalue weighted by atomic mass is 32.2. The summed E-state index contributed by atoms with van der Waals surface area (Å²) in [5.74, 6) is 2.27. The predicted molar refractivity (Wildman–Crippen MR) is 94.3 cm³/mol. The fourth-order valence-corrected chi connectivity index (χ4v) is 2.75. The summed E-state index contributed by atoms with van der Waals surface area (Å²) >= 11 is 1.44. The number of rotatable bonds is 8. The summed E-state index contributed by atoms with van der Waals surface area (Å²) in [7, 11) is 3.08. The fourth-order valence-electron chi connectivity index (χ4n) is 2.07. The minimum absolute atomic E-state index is 0.0209. The van der Waals surface area contributed by atoms with E-state index in [1.54, 1.807) is 6.07 Å². The van der Waals surface area contributed by atoms with Crippen molar-refractivity contribution < 1.29 is 14.3 Å². The Morgan fingerprint density at radius 1 is 1.17 bits per heavy atom. The van der Waals surface area contributed by atoms with E-state index in [2.05, 4.69) is 15.3 Å². The zero-order valence-electron chi connectivity index (χ0n) is 14.0. The van der Waals surface area contributed by atoms with Gasteiger partial charge in [0.25, 0.3) is 0 Å². The van der Waals surface area contributed by atoms with Crippen LogP contribution in [0.1, 0.15) is 24.4 Å². The van der Waals surface area contributed by atoms with Crippen LogP contribution < -0.4 is 14.8 Å². The number of nitrogens with one attached hydrogen (secondary N) is 1. The standard InChI is InChI=1S/C17H21N3O3S/c1-12(13-7-5-4-6-8-13)18-15(21)11-24-10-14-19-16(22-2)9-17(20-14)23-3/h4-9,12H,10-11H2,1-3H3,(H,18,21). The normalized spacial score (nSPS) is 11.6. The zero-order chi connectivity index (χ0) is 17.4. The van der Waals surface area contributed by atoms with Crippen LogP contribution in [0.3, 0.4) is 0 Å². The van der Waals surface area contributed by atoms with Crippen LogP contribution >= 0.6 is 11.8 Å². The molecular formula is C17H21N3O3S. The quantitative estimate of drug-likeness (QED) is 0.791. The van der Waals surface area contributed by atoms with E-state index in [0.29, 0.717) is 29.1 Å². The Morgan fingerprint density at radius 3 is 2.38 bits per heavy atom. The van der Waals surface area contributed by atoms with Crippen LogP contribution in [0.4, 0.5) is 0 Å². The zero-order valence-corrected chi connectivity index (χ0v) is 14.8. The van der Waals surface area contributed by atoms with E-state index in [0.717, 1.165) is 5.56 Å². The monoisotopic (exact) mass is 347 g/mol. The number of amides is 1. The van der Waals surface area contributed by atoms with Gasteiger partial charge in [-0.05, 0) is 12.5 Å². The molecule has 0 saturated heterocycles. The molecule has 0 saturated carbocycles. The Hall–Kier alpha value is -2.28. The van der Waals surface area contributed by atoms with Gasteiger partial charge in [0.05, 0.1) is 37.8 Å². The number of benzene rings is 1. The Kier molecular flexibility index (Phi) is 6.87. The minimum Gasteiger partial charge on any atom is -0.481 e. The van der Waals surface area contributed by atoms with E-state index >= 15 is 0 Å². The van der Waals surface area contributed by atoms with Crippen molar-refractivity contribution in [1.82, 2.24) is 15.3 Å². The number of methoxy groups -OCH3 is 2. The van der Waals surface area contributed by atoms with Gasteiger partial charge in [0.1, 0.15) is 5.82 Å². The topological polar surface area (TPSA) is 73.3 Å². The van der Waals surface area contributed by atoms with Crippen molar-refractivity contribution in [1.29, 1.82) is 0 Å². The van der Waals surface area contributed by atoms with Crippen molar-refractivity contribution in [3.05, 3.63) is 47.8 Å². The second kappa shape index (κ2) is 9.12. The molecule has 0 bridgehead atoms. The second-order valence-corrected chi connectivity index (χ2v) is 6.05. The highest BCUT2D eigenvalue weighted by molar-refractivity contribution is 7.99. The highest BCUT2D eigenvalue weighted by Gasteiger charge is 2.10. The van der Waals surface area contributed by atoms with Crippen molar-refractivity contribution >= 4 is 17.7 Å². The van der Waals surface area contributed by atoms with Crippen molar-refractivity contribution in [2.75, 3.05) is 20.0 Å². The largest absolute Gasteiger partial charge is 0.481 e. The third kappa shape index (κ3) is 5.42. The molecule has 1 atom stereocenters. The molecule has 7 heteroatoms. The van der Waals surface area contributed by atoms with Crippen molar-refractivity contribution in [3.63, 3.8) is 0 Å². The third-order valence-corrected chi connectivity index (χ3v) is 4.21. The third-order valence-electron chi connectivity index (χ3n) is 3.29. The van der Waals surface area contributed by atoms with E-state index in [1.165, 1.54) is 26.0 Å². The Bertz CT molecular complexity index is 645. The molecular weight excluding hydrogens is 326 g/mol. The van der Waals surface area contributed by atoms with Crippen LogP contribution in [-0.2, 0) is 10.5 Å². The van der Waals surface area contributed by atoms with Gasteiger partial charge in [0, 0.05) is 0 Å².